The molecule has 0 amide bonds. The molecule has 0 radical (unpaired) electrons. The van der Waals surface area contributed by atoms with Crippen molar-refractivity contribution in [3.8, 4) is 0 Å². The highest BCUT2D eigenvalue weighted by molar-refractivity contribution is 5.79. The Morgan fingerprint density at radius 3 is 2.58 bits per heavy atom. The normalized spacial score (nSPS) is 17.2. The fourth-order valence-electron chi connectivity index (χ4n) is 4.67. The first kappa shape index (κ1) is 20.2. The molecule has 1 aliphatic heterocycles. The third-order valence-electron chi connectivity index (χ3n) is 6.34. The van der Waals surface area contributed by atoms with Crippen molar-refractivity contribution in [2.45, 2.75) is 32.0 Å². The summed E-state index contributed by atoms with van der Waals surface area (Å²) in [6.07, 6.45) is 5.50. The Balaban J connectivity index is 1.39. The number of aliphatic hydroxyl groups is 1. The number of nitrogens with zero attached hydrogens (tertiary/aromatic N) is 3. The number of ether oxygens (including phenoxy) is 1. The topological polar surface area (TPSA) is 79.6 Å². The molecule has 0 saturated carbocycles. The van der Waals surface area contributed by atoms with Crippen LogP contribution in [0.4, 0.5) is 5.69 Å². The highest BCUT2D eigenvalue weighted by Crippen LogP contribution is 2.25. The number of morpholine rings is 1. The number of fused-ring (bicyclic) bond motifs is 2. The highest BCUT2D eigenvalue weighted by atomic mass is 16.5. The maximum absolute atomic E-state index is 12.9. The molecule has 3 aromatic rings. The summed E-state index contributed by atoms with van der Waals surface area (Å²) in [7, 11) is 0. The molecule has 2 aromatic heterocycles. The molecule has 0 bridgehead atoms. The van der Waals surface area contributed by atoms with Gasteiger partial charge in [-0.15, -0.1) is 0 Å². The zero-order chi connectivity index (χ0) is 21.2. The molecule has 1 aliphatic carbocycles. The van der Waals surface area contributed by atoms with Crippen molar-refractivity contribution in [2.24, 2.45) is 0 Å². The molecule has 5 rings (SSSR count). The molecule has 1 aromatic carbocycles. The van der Waals surface area contributed by atoms with Crippen molar-refractivity contribution >= 4 is 16.7 Å². The largest absolute Gasteiger partial charge is 0.391 e. The quantitative estimate of drug-likeness (QED) is 0.633. The van der Waals surface area contributed by atoms with Gasteiger partial charge in [-0.25, -0.2) is 4.98 Å². The first-order chi connectivity index (χ1) is 15.2. The molecule has 1 saturated heterocycles. The van der Waals surface area contributed by atoms with Gasteiger partial charge in [0.05, 0.1) is 37.1 Å². The van der Waals surface area contributed by atoms with E-state index in [4.69, 9.17) is 4.74 Å². The molecule has 7 heteroatoms. The minimum atomic E-state index is -0.276. The van der Waals surface area contributed by atoms with Crippen LogP contribution in [0.25, 0.3) is 11.0 Å². The third-order valence-corrected chi connectivity index (χ3v) is 6.34. The molecule has 1 fully saturated rings. The summed E-state index contributed by atoms with van der Waals surface area (Å²) < 4.78 is 7.41. The highest BCUT2D eigenvalue weighted by Gasteiger charge is 2.21. The van der Waals surface area contributed by atoms with E-state index in [1.54, 1.807) is 6.20 Å². The second kappa shape index (κ2) is 8.78. The predicted octanol–water partition coefficient (Wildman–Crippen LogP) is 1.80. The third kappa shape index (κ3) is 4.21. The van der Waals surface area contributed by atoms with E-state index in [2.05, 4.69) is 39.5 Å². The summed E-state index contributed by atoms with van der Waals surface area (Å²) in [5.41, 5.74) is 4.52. The lowest BCUT2D eigenvalue weighted by Gasteiger charge is -2.27. The van der Waals surface area contributed by atoms with Crippen LogP contribution in [-0.4, -0.2) is 58.4 Å². The van der Waals surface area contributed by atoms with Crippen molar-refractivity contribution < 1.29 is 9.84 Å². The average Bonchev–Trinajstić information content (AvgIpc) is 3.22. The van der Waals surface area contributed by atoms with Crippen molar-refractivity contribution in [3.05, 3.63) is 69.6 Å². The summed E-state index contributed by atoms with van der Waals surface area (Å²) in [5, 5.41) is 13.8. The average molecular weight is 421 g/mol. The van der Waals surface area contributed by atoms with Crippen LogP contribution in [0.15, 0.2) is 47.5 Å². The van der Waals surface area contributed by atoms with E-state index >= 15 is 0 Å². The number of aliphatic hydroxyl groups excluding tert-OH is 1. The zero-order valence-corrected chi connectivity index (χ0v) is 17.6. The molecule has 0 unspecified atom stereocenters. The lowest BCUT2D eigenvalue weighted by atomic mass is 10.1. The summed E-state index contributed by atoms with van der Waals surface area (Å²) in [5.74, 6) is 0. The van der Waals surface area contributed by atoms with Gasteiger partial charge < -0.3 is 19.7 Å². The number of rotatable bonds is 6. The summed E-state index contributed by atoms with van der Waals surface area (Å²) in [4.78, 5) is 19.9. The van der Waals surface area contributed by atoms with E-state index in [0.717, 1.165) is 51.4 Å². The monoisotopic (exact) mass is 420 g/mol. The predicted molar refractivity (Wildman–Crippen MR) is 120 cm³/mol. The minimum Gasteiger partial charge on any atom is -0.391 e. The van der Waals surface area contributed by atoms with Gasteiger partial charge in [0, 0.05) is 44.0 Å². The van der Waals surface area contributed by atoms with Gasteiger partial charge in [-0.05, 0) is 30.0 Å². The summed E-state index contributed by atoms with van der Waals surface area (Å²) in [6.45, 7) is 4.63. The van der Waals surface area contributed by atoms with E-state index in [1.165, 1.54) is 11.1 Å². The van der Waals surface area contributed by atoms with Crippen molar-refractivity contribution in [2.75, 3.05) is 38.2 Å². The number of benzene rings is 1. The minimum absolute atomic E-state index is 0.147. The van der Waals surface area contributed by atoms with Crippen molar-refractivity contribution in [3.63, 3.8) is 0 Å². The van der Waals surface area contributed by atoms with Crippen LogP contribution in [0.2, 0.25) is 0 Å². The second-order valence-corrected chi connectivity index (χ2v) is 8.40. The van der Waals surface area contributed by atoms with Crippen LogP contribution in [0.1, 0.15) is 16.7 Å². The molecule has 3 heterocycles. The van der Waals surface area contributed by atoms with Gasteiger partial charge in [0.2, 0.25) is 0 Å². The Morgan fingerprint density at radius 1 is 1.13 bits per heavy atom. The SMILES string of the molecule is O=c1c(CO)cn(CCN2CCOCC2)c2ncc(NC3Cc4ccccc4C3)cc12. The van der Waals surface area contributed by atoms with Gasteiger partial charge in [0.25, 0.3) is 0 Å². The van der Waals surface area contributed by atoms with Crippen LogP contribution < -0.4 is 10.7 Å². The van der Waals surface area contributed by atoms with Crippen LogP contribution in [-0.2, 0) is 30.7 Å². The number of hydrogen-bond acceptors (Lipinski definition) is 6. The maximum Gasteiger partial charge on any atom is 0.196 e. The Bertz CT molecular complexity index is 1110. The van der Waals surface area contributed by atoms with Crippen molar-refractivity contribution in [1.29, 1.82) is 0 Å². The lowest BCUT2D eigenvalue weighted by Crippen LogP contribution is -2.38. The van der Waals surface area contributed by atoms with Gasteiger partial charge in [-0.3, -0.25) is 9.69 Å². The number of pyridine rings is 2. The van der Waals surface area contributed by atoms with Gasteiger partial charge in [0.1, 0.15) is 5.65 Å². The molecule has 2 aliphatic rings. The van der Waals surface area contributed by atoms with E-state index in [1.807, 2.05) is 16.8 Å². The van der Waals surface area contributed by atoms with Gasteiger partial charge in [-0.1, -0.05) is 24.3 Å². The lowest BCUT2D eigenvalue weighted by molar-refractivity contribution is 0.0365. The first-order valence-corrected chi connectivity index (χ1v) is 11.0. The van der Waals surface area contributed by atoms with E-state index in [-0.39, 0.29) is 12.0 Å². The van der Waals surface area contributed by atoms with E-state index in [0.29, 0.717) is 29.2 Å². The fourth-order valence-corrected chi connectivity index (χ4v) is 4.67. The first-order valence-electron chi connectivity index (χ1n) is 11.0. The molecule has 0 atom stereocenters. The molecular formula is C24H28N4O3. The summed E-state index contributed by atoms with van der Waals surface area (Å²) in [6, 6.07) is 10.7. The number of aromatic nitrogens is 2. The van der Waals surface area contributed by atoms with Crippen LogP contribution >= 0.6 is 0 Å². The van der Waals surface area contributed by atoms with E-state index in [9.17, 15) is 9.90 Å². The Labute approximate surface area is 181 Å². The van der Waals surface area contributed by atoms with Crippen LogP contribution in [0, 0.1) is 0 Å². The second-order valence-electron chi connectivity index (χ2n) is 8.40. The number of anilines is 1. The van der Waals surface area contributed by atoms with Crippen LogP contribution in [0.5, 0.6) is 0 Å². The smallest absolute Gasteiger partial charge is 0.196 e. The molecule has 7 nitrogen and oxygen atoms in total. The van der Waals surface area contributed by atoms with Gasteiger partial charge in [-0.2, -0.15) is 0 Å². The fraction of sp³-hybridized carbons (Fsp3) is 0.417. The van der Waals surface area contributed by atoms with Crippen molar-refractivity contribution in [1.82, 2.24) is 14.5 Å². The number of nitrogens with one attached hydrogen (secondary N) is 1. The summed E-state index contributed by atoms with van der Waals surface area (Å²) >= 11 is 0. The van der Waals surface area contributed by atoms with Gasteiger partial charge >= 0.3 is 0 Å². The molecule has 31 heavy (non-hydrogen) atoms. The Hall–Kier alpha value is -2.74. The number of hydrogen-bond donors (Lipinski definition) is 2. The Morgan fingerprint density at radius 2 is 1.87 bits per heavy atom. The zero-order valence-electron chi connectivity index (χ0n) is 17.6. The Kier molecular flexibility index (Phi) is 5.72. The maximum atomic E-state index is 12.9. The van der Waals surface area contributed by atoms with Gasteiger partial charge in [0.15, 0.2) is 5.43 Å². The standard InChI is InChI=1S/C24H28N4O3/c29-16-19-15-28(6-5-27-7-9-31-10-8-27)24-22(23(19)30)13-21(14-25-24)26-20-11-17-3-1-2-4-18(17)12-20/h1-4,13-15,20,26,29H,5-12,16H2. The van der Waals surface area contributed by atoms with E-state index < -0.39 is 0 Å². The molecular weight excluding hydrogens is 392 g/mol. The van der Waals surface area contributed by atoms with Crippen LogP contribution in [0.3, 0.4) is 0 Å². The molecule has 2 N–H and O–H groups in total. The molecule has 0 spiro atoms. The molecule has 162 valence electrons.